The van der Waals surface area contributed by atoms with Gasteiger partial charge >= 0.3 is 0 Å². The number of nitrogens with one attached hydrogen (secondary N) is 1. The van der Waals surface area contributed by atoms with Crippen molar-refractivity contribution in [2.45, 2.75) is 6.92 Å². The molecular weight excluding hydrogens is 328 g/mol. The van der Waals surface area contributed by atoms with Gasteiger partial charge in [0.1, 0.15) is 17.4 Å². The van der Waals surface area contributed by atoms with Crippen LogP contribution in [0.5, 0.6) is 5.75 Å². The van der Waals surface area contributed by atoms with Crippen molar-refractivity contribution in [2.75, 3.05) is 13.2 Å². The highest BCUT2D eigenvalue weighted by Crippen LogP contribution is 2.15. The molecule has 2 rings (SSSR count). The lowest BCUT2D eigenvalue weighted by molar-refractivity contribution is -0.122. The zero-order valence-electron chi connectivity index (χ0n) is 13.6. The summed E-state index contributed by atoms with van der Waals surface area (Å²) in [6, 6.07) is 9.50. The number of ketones is 1. The third kappa shape index (κ3) is 5.53. The van der Waals surface area contributed by atoms with Crippen LogP contribution >= 0.6 is 0 Å². The monoisotopic (exact) mass is 345 g/mol. The lowest BCUT2D eigenvalue weighted by Crippen LogP contribution is -2.28. The van der Waals surface area contributed by atoms with Crippen molar-refractivity contribution in [3.63, 3.8) is 0 Å². The Hall–Kier alpha value is -3.02. The average molecular weight is 345 g/mol. The molecule has 0 aliphatic carbocycles. The zero-order valence-corrected chi connectivity index (χ0v) is 13.6. The summed E-state index contributed by atoms with van der Waals surface area (Å²) in [6.07, 6.45) is 2.72. The predicted molar refractivity (Wildman–Crippen MR) is 90.3 cm³/mol. The van der Waals surface area contributed by atoms with Gasteiger partial charge in [0.15, 0.2) is 12.4 Å². The third-order valence-electron chi connectivity index (χ3n) is 3.25. The minimum absolute atomic E-state index is 0.0780. The first kappa shape index (κ1) is 18.3. The summed E-state index contributed by atoms with van der Waals surface area (Å²) >= 11 is 0. The van der Waals surface area contributed by atoms with E-state index < -0.39 is 17.4 Å². The van der Waals surface area contributed by atoms with Gasteiger partial charge in [-0.1, -0.05) is 18.2 Å². The Balaban J connectivity index is 1.97. The van der Waals surface area contributed by atoms with Crippen molar-refractivity contribution in [3.05, 3.63) is 71.3 Å². The highest BCUT2D eigenvalue weighted by atomic mass is 19.1. The number of halogens is 2. The van der Waals surface area contributed by atoms with E-state index in [1.807, 2.05) is 6.92 Å². The molecule has 0 bridgehead atoms. The SMILES string of the molecule is CCNC(=O)COc1ccc(C=CC(=O)c2ccc(F)cc2F)cc1. The van der Waals surface area contributed by atoms with Crippen molar-refractivity contribution in [3.8, 4) is 5.75 Å². The number of allylic oxidation sites excluding steroid dienone is 1. The molecule has 1 N–H and O–H groups in total. The Morgan fingerprint density at radius 2 is 1.84 bits per heavy atom. The van der Waals surface area contributed by atoms with E-state index in [0.717, 1.165) is 12.1 Å². The Kier molecular flexibility index (Phi) is 6.39. The van der Waals surface area contributed by atoms with Crippen LogP contribution in [-0.4, -0.2) is 24.8 Å². The molecular formula is C19H17F2NO3. The highest BCUT2D eigenvalue weighted by molar-refractivity contribution is 6.06. The molecule has 1 amide bonds. The molecule has 0 saturated carbocycles. The molecule has 0 saturated heterocycles. The van der Waals surface area contributed by atoms with Gasteiger partial charge in [-0.15, -0.1) is 0 Å². The number of carbonyl (C=O) groups excluding carboxylic acids is 2. The van der Waals surface area contributed by atoms with Crippen LogP contribution < -0.4 is 10.1 Å². The fraction of sp³-hybridized carbons (Fsp3) is 0.158. The summed E-state index contributed by atoms with van der Waals surface area (Å²) in [7, 11) is 0. The molecule has 130 valence electrons. The number of rotatable bonds is 7. The van der Waals surface area contributed by atoms with E-state index in [-0.39, 0.29) is 18.1 Å². The third-order valence-corrected chi connectivity index (χ3v) is 3.25. The normalized spacial score (nSPS) is 10.7. The summed E-state index contributed by atoms with van der Waals surface area (Å²) in [4.78, 5) is 23.2. The smallest absolute Gasteiger partial charge is 0.257 e. The second-order valence-corrected chi connectivity index (χ2v) is 5.13. The molecule has 0 spiro atoms. The molecule has 2 aromatic rings. The summed E-state index contributed by atoms with van der Waals surface area (Å²) in [5.74, 6) is -1.89. The van der Waals surface area contributed by atoms with E-state index in [4.69, 9.17) is 4.74 Å². The molecule has 0 unspecified atom stereocenters. The largest absolute Gasteiger partial charge is 0.484 e. The maximum Gasteiger partial charge on any atom is 0.257 e. The van der Waals surface area contributed by atoms with Gasteiger partial charge in [0.05, 0.1) is 5.56 Å². The molecule has 0 atom stereocenters. The minimum Gasteiger partial charge on any atom is -0.484 e. The maximum absolute atomic E-state index is 13.5. The number of hydrogen-bond donors (Lipinski definition) is 1. The molecule has 6 heteroatoms. The second-order valence-electron chi connectivity index (χ2n) is 5.13. The first-order chi connectivity index (χ1) is 12.0. The molecule has 4 nitrogen and oxygen atoms in total. The number of likely N-dealkylation sites (N-methyl/N-ethyl adjacent to an activating group) is 1. The van der Waals surface area contributed by atoms with Gasteiger partial charge in [0, 0.05) is 12.6 Å². The summed E-state index contributed by atoms with van der Waals surface area (Å²) < 4.78 is 31.7. The predicted octanol–water partition coefficient (Wildman–Crippen LogP) is 3.38. The quantitative estimate of drug-likeness (QED) is 0.618. The van der Waals surface area contributed by atoms with E-state index in [9.17, 15) is 18.4 Å². The van der Waals surface area contributed by atoms with Crippen LogP contribution in [0.15, 0.2) is 48.5 Å². The Morgan fingerprint density at radius 3 is 2.48 bits per heavy atom. The lowest BCUT2D eigenvalue weighted by atomic mass is 10.1. The average Bonchev–Trinajstić information content (AvgIpc) is 2.59. The molecule has 0 aliphatic rings. The van der Waals surface area contributed by atoms with Gasteiger partial charge in [-0.2, -0.15) is 0 Å². The first-order valence-electron chi connectivity index (χ1n) is 7.66. The van der Waals surface area contributed by atoms with Gasteiger partial charge in [0.2, 0.25) is 0 Å². The van der Waals surface area contributed by atoms with Gasteiger partial charge < -0.3 is 10.1 Å². The number of benzene rings is 2. The fourth-order valence-electron chi connectivity index (χ4n) is 2.02. The molecule has 0 radical (unpaired) electrons. The molecule has 0 aliphatic heterocycles. The van der Waals surface area contributed by atoms with Crippen LogP contribution in [-0.2, 0) is 4.79 Å². The van der Waals surface area contributed by atoms with Crippen molar-refractivity contribution in [2.24, 2.45) is 0 Å². The topological polar surface area (TPSA) is 55.4 Å². The number of amides is 1. The van der Waals surface area contributed by atoms with E-state index in [1.54, 1.807) is 24.3 Å². The first-order valence-corrected chi connectivity index (χ1v) is 7.66. The summed E-state index contributed by atoms with van der Waals surface area (Å²) in [5, 5.41) is 2.62. The van der Waals surface area contributed by atoms with Crippen LogP contribution in [0.1, 0.15) is 22.8 Å². The van der Waals surface area contributed by atoms with E-state index in [0.29, 0.717) is 23.9 Å². The van der Waals surface area contributed by atoms with Crippen molar-refractivity contribution in [1.29, 1.82) is 0 Å². The second kappa shape index (κ2) is 8.73. The van der Waals surface area contributed by atoms with Crippen LogP contribution in [0.3, 0.4) is 0 Å². The maximum atomic E-state index is 13.5. The summed E-state index contributed by atoms with van der Waals surface area (Å²) in [6.45, 7) is 2.28. The molecule has 25 heavy (non-hydrogen) atoms. The number of ether oxygens (including phenoxy) is 1. The molecule has 0 heterocycles. The van der Waals surface area contributed by atoms with Crippen LogP contribution in [0.4, 0.5) is 8.78 Å². The Labute approximate surface area is 144 Å². The standard InChI is InChI=1S/C19H17F2NO3/c1-2-22-19(24)12-25-15-7-3-13(4-8-15)5-10-18(23)16-9-6-14(20)11-17(16)21/h3-11H,2,12H2,1H3,(H,22,24). The van der Waals surface area contributed by atoms with Crippen molar-refractivity contribution < 1.29 is 23.1 Å². The minimum atomic E-state index is -0.899. The van der Waals surface area contributed by atoms with E-state index >= 15 is 0 Å². The van der Waals surface area contributed by atoms with Gasteiger partial charge in [-0.25, -0.2) is 8.78 Å². The lowest BCUT2D eigenvalue weighted by Gasteiger charge is -2.06. The summed E-state index contributed by atoms with van der Waals surface area (Å²) in [5.41, 5.74) is 0.501. The van der Waals surface area contributed by atoms with Gasteiger partial charge in [0.25, 0.3) is 5.91 Å². The Bertz CT molecular complexity index is 786. The van der Waals surface area contributed by atoms with Gasteiger partial charge in [-0.05, 0) is 42.8 Å². The van der Waals surface area contributed by atoms with Gasteiger partial charge in [-0.3, -0.25) is 9.59 Å². The zero-order chi connectivity index (χ0) is 18.2. The van der Waals surface area contributed by atoms with Crippen molar-refractivity contribution in [1.82, 2.24) is 5.32 Å². The highest BCUT2D eigenvalue weighted by Gasteiger charge is 2.09. The Morgan fingerprint density at radius 1 is 1.12 bits per heavy atom. The van der Waals surface area contributed by atoms with Crippen molar-refractivity contribution >= 4 is 17.8 Å². The fourth-order valence-corrected chi connectivity index (χ4v) is 2.02. The van der Waals surface area contributed by atoms with Crippen LogP contribution in [0, 0.1) is 11.6 Å². The molecule has 0 fully saturated rings. The number of hydrogen-bond acceptors (Lipinski definition) is 3. The molecule has 0 aromatic heterocycles. The van der Waals surface area contributed by atoms with Crippen LogP contribution in [0.25, 0.3) is 6.08 Å². The van der Waals surface area contributed by atoms with Crippen LogP contribution in [0.2, 0.25) is 0 Å². The number of carbonyl (C=O) groups is 2. The van der Waals surface area contributed by atoms with E-state index in [2.05, 4.69) is 5.32 Å². The van der Waals surface area contributed by atoms with E-state index in [1.165, 1.54) is 12.2 Å². The molecule has 2 aromatic carbocycles.